The van der Waals surface area contributed by atoms with Gasteiger partial charge in [-0.2, -0.15) is 0 Å². The van der Waals surface area contributed by atoms with E-state index in [9.17, 15) is 0 Å². The summed E-state index contributed by atoms with van der Waals surface area (Å²) in [6.07, 6.45) is 1.95. The predicted octanol–water partition coefficient (Wildman–Crippen LogP) is 5.28. The first-order valence-corrected chi connectivity index (χ1v) is 11.0. The number of thiazole rings is 1. The topological polar surface area (TPSA) is 56.3 Å². The van der Waals surface area contributed by atoms with Gasteiger partial charge in [0.15, 0.2) is 0 Å². The molecule has 1 saturated heterocycles. The fourth-order valence-corrected chi connectivity index (χ4v) is 5.78. The zero-order chi connectivity index (χ0) is 18.7. The van der Waals surface area contributed by atoms with Gasteiger partial charge in [0.1, 0.15) is 0 Å². The van der Waals surface area contributed by atoms with Crippen LogP contribution in [0.4, 0.5) is 11.4 Å². The molecule has 28 heavy (non-hydrogen) atoms. The Kier molecular flexibility index (Phi) is 3.68. The monoisotopic (exact) mass is 407 g/mol. The number of nitrogens with zero attached hydrogens (tertiary/aromatic N) is 2. The van der Waals surface area contributed by atoms with E-state index in [0.717, 1.165) is 39.1 Å². The van der Waals surface area contributed by atoms with E-state index in [2.05, 4.69) is 52.5 Å². The van der Waals surface area contributed by atoms with Crippen LogP contribution in [0.3, 0.4) is 0 Å². The number of ether oxygens (including phenoxy) is 2. The molecule has 0 saturated carbocycles. The minimum atomic E-state index is -0.617. The van der Waals surface area contributed by atoms with E-state index in [1.54, 1.807) is 23.1 Å². The number of nitrogens with one attached hydrogen (secondary N) is 1. The summed E-state index contributed by atoms with van der Waals surface area (Å²) in [5, 5.41) is 4.63. The van der Waals surface area contributed by atoms with Gasteiger partial charge < -0.3 is 14.8 Å². The Bertz CT molecular complexity index is 1220. The fourth-order valence-electron chi connectivity index (χ4n) is 3.90. The van der Waals surface area contributed by atoms with E-state index < -0.39 is 5.79 Å². The Morgan fingerprint density at radius 2 is 2.11 bits per heavy atom. The van der Waals surface area contributed by atoms with Crippen LogP contribution in [0, 0.1) is 0 Å². The SMILES string of the molecule is CC1COC2(CSc3cc4c(Nc5ccc6scnc6c5)ccnc4cc32)O1. The largest absolute Gasteiger partial charge is 0.355 e. The molecule has 2 aromatic carbocycles. The molecule has 140 valence electrons. The third-order valence-corrected chi connectivity index (χ3v) is 7.21. The van der Waals surface area contributed by atoms with Crippen LogP contribution in [0.15, 0.2) is 53.0 Å². The molecule has 5 nitrogen and oxygen atoms in total. The number of hydrogen-bond acceptors (Lipinski definition) is 7. The standard InChI is InChI=1S/C21H17N3O2S2/c1-12-9-25-21(26-12)10-27-20-7-14-16(4-5-22-17(14)8-15(20)21)24-13-2-3-19-18(6-13)23-11-28-19/h2-8,11-12H,9-10H2,1H3,(H,22,24). The predicted molar refractivity (Wildman–Crippen MR) is 114 cm³/mol. The molecular weight excluding hydrogens is 390 g/mol. The van der Waals surface area contributed by atoms with Crippen molar-refractivity contribution in [3.05, 3.63) is 53.7 Å². The van der Waals surface area contributed by atoms with Crippen LogP contribution in [-0.2, 0) is 15.3 Å². The molecule has 7 heteroatoms. The molecule has 0 aliphatic carbocycles. The second-order valence-electron chi connectivity index (χ2n) is 7.16. The van der Waals surface area contributed by atoms with Crippen molar-refractivity contribution in [2.75, 3.05) is 17.7 Å². The van der Waals surface area contributed by atoms with Crippen LogP contribution in [-0.4, -0.2) is 28.4 Å². The highest BCUT2D eigenvalue weighted by molar-refractivity contribution is 7.99. The lowest BCUT2D eigenvalue weighted by Gasteiger charge is -2.23. The quantitative estimate of drug-likeness (QED) is 0.488. The van der Waals surface area contributed by atoms with Gasteiger partial charge in [-0.15, -0.1) is 23.1 Å². The van der Waals surface area contributed by atoms with Gasteiger partial charge in [0, 0.05) is 33.4 Å². The highest BCUT2D eigenvalue weighted by Crippen LogP contribution is 2.50. The minimum absolute atomic E-state index is 0.115. The van der Waals surface area contributed by atoms with E-state index in [4.69, 9.17) is 9.47 Å². The normalized spacial score (nSPS) is 23.7. The Labute approximate surface area is 170 Å². The maximum absolute atomic E-state index is 6.15. The highest BCUT2D eigenvalue weighted by atomic mass is 32.2. The molecule has 6 rings (SSSR count). The second-order valence-corrected chi connectivity index (χ2v) is 9.07. The molecule has 2 atom stereocenters. The number of pyridine rings is 1. The molecule has 2 aromatic heterocycles. The summed E-state index contributed by atoms with van der Waals surface area (Å²) in [6.45, 7) is 2.68. The van der Waals surface area contributed by atoms with Gasteiger partial charge in [-0.1, -0.05) is 0 Å². The first-order valence-electron chi connectivity index (χ1n) is 9.18. The lowest BCUT2D eigenvalue weighted by atomic mass is 10.0. The summed E-state index contributed by atoms with van der Waals surface area (Å²) in [5.41, 5.74) is 6.98. The molecule has 2 aliphatic rings. The van der Waals surface area contributed by atoms with Crippen LogP contribution in [0.5, 0.6) is 0 Å². The van der Waals surface area contributed by atoms with Crippen molar-refractivity contribution < 1.29 is 9.47 Å². The molecule has 1 fully saturated rings. The molecular formula is C21H17N3O2S2. The van der Waals surface area contributed by atoms with E-state index >= 15 is 0 Å². The fraction of sp³-hybridized carbons (Fsp3) is 0.238. The lowest BCUT2D eigenvalue weighted by Crippen LogP contribution is -2.27. The van der Waals surface area contributed by atoms with Crippen LogP contribution in [0.1, 0.15) is 12.5 Å². The van der Waals surface area contributed by atoms with Crippen molar-refractivity contribution in [1.82, 2.24) is 9.97 Å². The van der Waals surface area contributed by atoms with Gasteiger partial charge >= 0.3 is 0 Å². The number of benzene rings is 2. The Balaban J connectivity index is 1.43. The van der Waals surface area contributed by atoms with Gasteiger partial charge in [-0.3, -0.25) is 4.98 Å². The molecule has 4 aromatic rings. The molecule has 1 N–H and O–H groups in total. The number of rotatable bonds is 2. The Morgan fingerprint density at radius 1 is 1.14 bits per heavy atom. The van der Waals surface area contributed by atoms with Crippen LogP contribution >= 0.6 is 23.1 Å². The molecule has 0 bridgehead atoms. The summed E-state index contributed by atoms with van der Waals surface area (Å²) in [4.78, 5) is 10.2. The number of anilines is 2. The van der Waals surface area contributed by atoms with E-state index in [1.807, 2.05) is 17.8 Å². The smallest absolute Gasteiger partial charge is 0.206 e. The van der Waals surface area contributed by atoms with E-state index in [0.29, 0.717) is 6.61 Å². The number of hydrogen-bond donors (Lipinski definition) is 1. The summed E-state index contributed by atoms with van der Waals surface area (Å²) in [7, 11) is 0. The number of fused-ring (bicyclic) bond motifs is 4. The highest BCUT2D eigenvalue weighted by Gasteiger charge is 2.47. The number of aromatic nitrogens is 2. The second kappa shape index (κ2) is 6.15. The minimum Gasteiger partial charge on any atom is -0.355 e. The average molecular weight is 408 g/mol. The van der Waals surface area contributed by atoms with Gasteiger partial charge in [-0.05, 0) is 43.3 Å². The number of thioether (sulfide) groups is 1. The van der Waals surface area contributed by atoms with Gasteiger partial charge in [0.25, 0.3) is 0 Å². The molecule has 0 amide bonds. The van der Waals surface area contributed by atoms with Gasteiger partial charge in [0.05, 0.1) is 39.7 Å². The molecule has 1 spiro atoms. The van der Waals surface area contributed by atoms with Crippen molar-refractivity contribution in [2.24, 2.45) is 0 Å². The molecule has 2 aliphatic heterocycles. The van der Waals surface area contributed by atoms with Crippen LogP contribution in [0.2, 0.25) is 0 Å². The summed E-state index contributed by atoms with van der Waals surface area (Å²) >= 11 is 3.44. The molecule has 4 heterocycles. The van der Waals surface area contributed by atoms with Crippen molar-refractivity contribution in [2.45, 2.75) is 23.7 Å². The van der Waals surface area contributed by atoms with Crippen molar-refractivity contribution >= 4 is 55.6 Å². The zero-order valence-corrected chi connectivity index (χ0v) is 16.8. The van der Waals surface area contributed by atoms with Gasteiger partial charge in [-0.25, -0.2) is 4.98 Å². The van der Waals surface area contributed by atoms with E-state index in [-0.39, 0.29) is 6.10 Å². The average Bonchev–Trinajstić information content (AvgIpc) is 3.40. The molecule has 0 radical (unpaired) electrons. The summed E-state index contributed by atoms with van der Waals surface area (Å²) < 4.78 is 13.4. The van der Waals surface area contributed by atoms with Gasteiger partial charge in [0.2, 0.25) is 5.79 Å². The maximum atomic E-state index is 6.15. The van der Waals surface area contributed by atoms with Crippen LogP contribution in [0.25, 0.3) is 21.1 Å². The zero-order valence-electron chi connectivity index (χ0n) is 15.1. The first kappa shape index (κ1) is 16.7. The Hall–Kier alpha value is -2.19. The maximum Gasteiger partial charge on any atom is 0.206 e. The van der Waals surface area contributed by atoms with Crippen LogP contribution < -0.4 is 5.32 Å². The first-order chi connectivity index (χ1) is 13.7. The summed E-state index contributed by atoms with van der Waals surface area (Å²) in [5.74, 6) is 0.167. The lowest BCUT2D eigenvalue weighted by molar-refractivity contribution is -0.154. The van der Waals surface area contributed by atoms with Crippen molar-refractivity contribution in [3.63, 3.8) is 0 Å². The summed E-state index contributed by atoms with van der Waals surface area (Å²) in [6, 6.07) is 12.6. The van der Waals surface area contributed by atoms with E-state index in [1.165, 1.54) is 9.60 Å². The van der Waals surface area contributed by atoms with Crippen molar-refractivity contribution in [1.29, 1.82) is 0 Å². The Morgan fingerprint density at radius 3 is 3.00 bits per heavy atom. The molecule has 2 unspecified atom stereocenters. The third-order valence-electron chi connectivity index (χ3n) is 5.22. The van der Waals surface area contributed by atoms with Crippen molar-refractivity contribution in [3.8, 4) is 0 Å². The third kappa shape index (κ3) is 2.54.